The fourth-order valence-corrected chi connectivity index (χ4v) is 11.3. The highest BCUT2D eigenvalue weighted by Gasteiger charge is 2.50. The third kappa shape index (κ3) is 16.3. The van der Waals surface area contributed by atoms with Crippen molar-refractivity contribution in [2.45, 2.75) is 145 Å². The molecule has 0 saturated carbocycles. The Kier molecular flexibility index (Phi) is 22.7. The lowest BCUT2D eigenvalue weighted by Crippen LogP contribution is -2.64. The topological polar surface area (TPSA) is 425 Å². The molecule has 13 atom stereocenters. The Morgan fingerprint density at radius 1 is 0.787 bits per heavy atom. The predicted octanol–water partition coefficient (Wildman–Crippen LogP) is 0.825. The van der Waals surface area contributed by atoms with Crippen LogP contribution in [0.4, 0.5) is 0 Å². The van der Waals surface area contributed by atoms with Crippen molar-refractivity contribution >= 4 is 64.8 Å². The van der Waals surface area contributed by atoms with Gasteiger partial charge >= 0.3 is 0 Å². The molecule has 13 N–H and O–H groups in total. The molecule has 3 aliphatic heterocycles. The second-order valence-electron chi connectivity index (χ2n) is 22.4. The van der Waals surface area contributed by atoms with E-state index < -0.39 is 165 Å². The fraction of sp³-hybridized carbons (Fsp3) is 0.450. The summed E-state index contributed by atoms with van der Waals surface area (Å²) in [7, 11) is 0. The molecule has 0 bridgehead atoms. The molecule has 8 rings (SSSR count). The number of nitrogens with zero attached hydrogens (tertiary/aromatic N) is 4. The summed E-state index contributed by atoms with van der Waals surface area (Å²) in [5, 5.41) is 112. The summed E-state index contributed by atoms with van der Waals surface area (Å²) in [4.78, 5) is 107. The minimum Gasteiger partial charge on any atom is -0.504 e. The number of rotatable bonds is 18. The molecule has 0 radical (unpaired) electrons. The molecule has 1 aromatic heterocycles. The lowest BCUT2D eigenvalue weighted by atomic mass is 9.98. The van der Waals surface area contributed by atoms with Gasteiger partial charge in [0.15, 0.2) is 23.0 Å². The molecule has 7 amide bonds. The number of phenols is 1. The van der Waals surface area contributed by atoms with Crippen LogP contribution in [-0.4, -0.2) is 190 Å². The first-order valence-corrected chi connectivity index (χ1v) is 29.6. The number of β-amino-alcohol motifs (C(OH)–C–C–N with tert-alkyl or cyclic N) is 1. The molecule has 3 fully saturated rings. The smallest absolute Gasteiger partial charge is 0.261 e. The van der Waals surface area contributed by atoms with Crippen LogP contribution in [0.3, 0.4) is 0 Å². The van der Waals surface area contributed by atoms with Crippen LogP contribution in [0, 0.1) is 17.2 Å². The number of oxazole rings is 1. The Morgan fingerprint density at radius 2 is 1.44 bits per heavy atom. The number of carbonyl (C=O) groups is 7. The average Bonchev–Trinajstić information content (AvgIpc) is 2.05. The number of carbonyl (C=O) groups excluding carboxylic acids is 7. The van der Waals surface area contributed by atoms with Gasteiger partial charge in [0.05, 0.1) is 49.1 Å². The second-order valence-corrected chi connectivity index (χ2v) is 22.8. The Labute approximate surface area is 514 Å². The highest BCUT2D eigenvalue weighted by Crippen LogP contribution is 2.33. The SMILES string of the molecule is CCCCCc1nc2cc(-c3ccc(-c4ccc(C(=O)N[C@H]5C[C@H](O)CNC(=O)[C@@H]6[C@@H](O)[C@H](C)CN6C(=O)[C@H]([C@H](O)CC#N)NC(=O)[C@H]([C@H](O)Cc6ccc(O)c(OSOOO)c6)NC(=O)[C@@H]6C[C@H](O)CN6C(=O)[C@H]([C@H](C)O)NC5=O)cc4)cc3)ccc2o1. The van der Waals surface area contributed by atoms with Crippen molar-refractivity contribution in [2.24, 2.45) is 5.92 Å². The van der Waals surface area contributed by atoms with E-state index in [0.29, 0.717) is 11.5 Å². The number of aliphatic hydroxyl groups is 6. The number of benzene rings is 4. The first-order valence-electron chi connectivity index (χ1n) is 28.9. The molecule has 3 saturated heterocycles. The number of aliphatic hydroxyl groups excluding tert-OH is 6. The van der Waals surface area contributed by atoms with Gasteiger partial charge in [-0.1, -0.05) is 84.6 Å². The molecule has 3 aliphatic rings. The van der Waals surface area contributed by atoms with Gasteiger partial charge in [-0.3, -0.25) is 33.6 Å². The maximum atomic E-state index is 14.6. The summed E-state index contributed by atoms with van der Waals surface area (Å²) in [6, 6.07) is 13.7. The molecule has 89 heavy (non-hydrogen) atoms. The largest absolute Gasteiger partial charge is 0.504 e. The fourth-order valence-electron chi connectivity index (χ4n) is 11.0. The molecular weight excluding hydrogens is 1180 g/mol. The van der Waals surface area contributed by atoms with Crippen LogP contribution < -0.4 is 30.8 Å². The highest BCUT2D eigenvalue weighted by molar-refractivity contribution is 7.90. The molecule has 5 aromatic rings. The van der Waals surface area contributed by atoms with E-state index in [2.05, 4.69) is 47.9 Å². The van der Waals surface area contributed by atoms with E-state index in [4.69, 9.17) is 13.9 Å². The van der Waals surface area contributed by atoms with Crippen LogP contribution >= 0.6 is 12.3 Å². The van der Waals surface area contributed by atoms with Crippen LogP contribution in [0.5, 0.6) is 11.5 Å². The van der Waals surface area contributed by atoms with E-state index >= 15 is 0 Å². The molecule has 4 aromatic carbocycles. The first-order chi connectivity index (χ1) is 42.6. The second kappa shape index (κ2) is 30.3. The number of hydrogen-bond acceptors (Lipinski definition) is 22. The molecule has 4 heterocycles. The first kappa shape index (κ1) is 66.7. The van der Waals surface area contributed by atoms with Crippen LogP contribution in [0.15, 0.2) is 89.3 Å². The van der Waals surface area contributed by atoms with Crippen molar-refractivity contribution in [2.75, 3.05) is 19.6 Å². The van der Waals surface area contributed by atoms with Crippen molar-refractivity contribution in [1.82, 2.24) is 41.4 Å². The molecule has 0 unspecified atom stereocenters. The van der Waals surface area contributed by atoms with Crippen molar-refractivity contribution in [1.29, 1.82) is 5.26 Å². The van der Waals surface area contributed by atoms with Gasteiger partial charge in [0.2, 0.25) is 35.4 Å². The summed E-state index contributed by atoms with van der Waals surface area (Å²) in [6.07, 6.45) is -9.18. The van der Waals surface area contributed by atoms with E-state index in [1.54, 1.807) is 18.2 Å². The van der Waals surface area contributed by atoms with Gasteiger partial charge in [0, 0.05) is 56.8 Å². The van der Waals surface area contributed by atoms with E-state index in [0.717, 1.165) is 82.3 Å². The van der Waals surface area contributed by atoms with E-state index in [9.17, 15) is 74.6 Å². The molecular formula is C60H71N9O19S. The van der Waals surface area contributed by atoms with Gasteiger partial charge in [-0.25, -0.2) is 10.2 Å². The number of aromatic nitrogens is 1. The molecule has 0 spiro atoms. The zero-order valence-electron chi connectivity index (χ0n) is 48.6. The molecule has 29 heteroatoms. The summed E-state index contributed by atoms with van der Waals surface area (Å²) in [6.45, 7) is 3.12. The summed E-state index contributed by atoms with van der Waals surface area (Å²) >= 11 is 0.0683. The number of hydrogen-bond donors (Lipinski definition) is 13. The minimum absolute atomic E-state index is 0.0471. The number of unbranched alkanes of at least 4 members (excludes halogenated alkanes) is 2. The average molecular weight is 1250 g/mol. The molecule has 28 nitrogen and oxygen atoms in total. The van der Waals surface area contributed by atoms with Gasteiger partial charge in [0.1, 0.15) is 41.8 Å². The third-order valence-corrected chi connectivity index (χ3v) is 16.2. The van der Waals surface area contributed by atoms with Crippen molar-refractivity contribution < 1.29 is 92.5 Å². The van der Waals surface area contributed by atoms with Gasteiger partial charge < -0.3 is 80.7 Å². The van der Waals surface area contributed by atoms with Gasteiger partial charge in [0.25, 0.3) is 18.2 Å². The number of fused-ring (bicyclic) bond motifs is 3. The van der Waals surface area contributed by atoms with Crippen LogP contribution in [0.2, 0.25) is 0 Å². The van der Waals surface area contributed by atoms with Crippen LogP contribution in [-0.2, 0) is 51.0 Å². The monoisotopic (exact) mass is 1250 g/mol. The Balaban J connectivity index is 1.07. The number of amides is 7. The number of phenolic OH excluding ortho intramolecular Hbond substituents is 1. The van der Waals surface area contributed by atoms with Crippen LogP contribution in [0.1, 0.15) is 81.1 Å². The Morgan fingerprint density at radius 3 is 2.11 bits per heavy atom. The van der Waals surface area contributed by atoms with Gasteiger partial charge in [-0.05, 0) is 77.6 Å². The standard InChI is InChI=1S/C60H71N9O19S/c1-4-5-6-7-48-63-40-24-37(17-19-46(40)85-48)35-11-9-33(10-12-35)34-13-15-36(16-14-34)54(77)64-41-25-38(71)27-62-58(81)52-53(76)30(2)28-69(52)60(83)51(44(74)20-21-61)67-57(80)50(45(75)22-32-8-18-43(73)47(23-32)86-89-88-87-84)66-56(79)42-26-39(72)29-68(42)59(82)49(31(3)70)65-55(41)78/h8-19,23-24,30-31,38-39,41-42,44-45,49-53,70-76,84H,4-7,20,22,25-29H2,1-3H3,(H,62,81)(H,64,77)(H,65,78)(H,66,79)(H,67,80)/t30-,31+,38+,39+,41+,42+,44-,45-,49+,50+,51+,52+,53+/m1/s1. The van der Waals surface area contributed by atoms with E-state index in [1.165, 1.54) is 25.1 Å². The molecule has 476 valence electrons. The summed E-state index contributed by atoms with van der Waals surface area (Å²) in [5.74, 6) is -8.91. The van der Waals surface area contributed by atoms with Crippen molar-refractivity contribution in [3.05, 3.63) is 102 Å². The normalized spacial score (nSPS) is 25.1. The Hall–Kier alpha value is -8.28. The zero-order chi connectivity index (χ0) is 64.2. The number of nitrogens with one attached hydrogen (secondary N) is 5. The minimum atomic E-state index is -2.15. The zero-order valence-corrected chi connectivity index (χ0v) is 49.4. The number of aromatic hydroxyl groups is 1. The van der Waals surface area contributed by atoms with Crippen molar-refractivity contribution in [3.8, 4) is 39.8 Å². The Bertz CT molecular complexity index is 3380. The maximum Gasteiger partial charge on any atom is 0.261 e. The lowest BCUT2D eigenvalue weighted by Gasteiger charge is -2.33. The molecule has 0 aliphatic carbocycles. The van der Waals surface area contributed by atoms with E-state index in [-0.39, 0.29) is 35.7 Å². The van der Waals surface area contributed by atoms with Crippen LogP contribution in [0.25, 0.3) is 33.4 Å². The quantitative estimate of drug-likeness (QED) is 0.0250. The third-order valence-electron chi connectivity index (χ3n) is 15.8. The van der Waals surface area contributed by atoms with Gasteiger partial charge in [-0.2, -0.15) is 5.26 Å². The van der Waals surface area contributed by atoms with E-state index in [1.807, 2.05) is 42.5 Å². The summed E-state index contributed by atoms with van der Waals surface area (Å²) < 4.78 is 15.3. The number of nitriles is 1. The summed E-state index contributed by atoms with van der Waals surface area (Å²) in [5.41, 5.74) is 4.99. The number of aryl methyl sites for hydroxylation is 1. The maximum absolute atomic E-state index is 14.6. The highest BCUT2D eigenvalue weighted by atomic mass is 32.2. The lowest BCUT2D eigenvalue weighted by molar-refractivity contribution is -0.433. The van der Waals surface area contributed by atoms with Crippen molar-refractivity contribution in [3.63, 3.8) is 0 Å². The predicted molar refractivity (Wildman–Crippen MR) is 314 cm³/mol. The van der Waals surface area contributed by atoms with Gasteiger partial charge in [-0.15, -0.1) is 0 Å².